The smallest absolute Gasteiger partial charge is 0.185 e. The Labute approximate surface area is 167 Å². The van der Waals surface area contributed by atoms with Crippen LogP contribution < -0.4 is 5.43 Å². The molecule has 0 saturated carbocycles. The minimum absolute atomic E-state index is 0.00785. The molecule has 0 fully saturated rings. The van der Waals surface area contributed by atoms with Crippen molar-refractivity contribution < 1.29 is 9.52 Å². The topological polar surface area (TPSA) is 63.3 Å². The van der Waals surface area contributed by atoms with Gasteiger partial charge in [-0.3, -0.25) is 4.79 Å². The van der Waals surface area contributed by atoms with Crippen molar-refractivity contribution in [2.75, 3.05) is 0 Å². The van der Waals surface area contributed by atoms with Gasteiger partial charge in [-0.25, -0.2) is 4.98 Å². The molecule has 0 saturated heterocycles. The molecule has 0 spiro atoms. The van der Waals surface area contributed by atoms with Gasteiger partial charge >= 0.3 is 0 Å². The van der Waals surface area contributed by atoms with Crippen molar-refractivity contribution in [2.45, 2.75) is 77.6 Å². The summed E-state index contributed by atoms with van der Waals surface area (Å²) in [7, 11) is 0. The van der Waals surface area contributed by atoms with E-state index in [1.54, 1.807) is 12.1 Å². The van der Waals surface area contributed by atoms with Crippen LogP contribution in [0, 0.1) is 0 Å². The first kappa shape index (κ1) is 20.4. The van der Waals surface area contributed by atoms with E-state index in [-0.39, 0.29) is 11.2 Å². The molecule has 150 valence electrons. The molecular weight excluding hydrogens is 350 g/mol. The number of benzene rings is 2. The van der Waals surface area contributed by atoms with Gasteiger partial charge < -0.3 is 9.52 Å². The van der Waals surface area contributed by atoms with Crippen LogP contribution >= 0.6 is 0 Å². The molecule has 0 bridgehead atoms. The maximum Gasteiger partial charge on any atom is 0.185 e. The Hall–Kier alpha value is -2.36. The molecule has 4 heteroatoms. The summed E-state index contributed by atoms with van der Waals surface area (Å²) in [6.45, 7) is 2.25. The average molecular weight is 382 g/mol. The van der Waals surface area contributed by atoms with Crippen LogP contribution in [-0.4, -0.2) is 10.1 Å². The van der Waals surface area contributed by atoms with Crippen molar-refractivity contribution in [1.29, 1.82) is 0 Å². The molecule has 28 heavy (non-hydrogen) atoms. The van der Waals surface area contributed by atoms with Gasteiger partial charge in [0.15, 0.2) is 16.8 Å². The van der Waals surface area contributed by atoms with Crippen molar-refractivity contribution >= 4 is 11.1 Å². The minimum atomic E-state index is 0.00785. The van der Waals surface area contributed by atoms with Crippen LogP contribution in [-0.2, 0) is 6.42 Å². The van der Waals surface area contributed by atoms with E-state index in [1.807, 2.05) is 6.07 Å². The number of rotatable bonds is 11. The molecule has 0 amide bonds. The number of hydrogen-bond acceptors (Lipinski definition) is 4. The van der Waals surface area contributed by atoms with Gasteiger partial charge in [-0.2, -0.15) is 0 Å². The third kappa shape index (κ3) is 5.57. The number of aryl methyl sites for hydroxylation is 1. The summed E-state index contributed by atoms with van der Waals surface area (Å²) in [4.78, 5) is 17.0. The molecule has 1 aromatic carbocycles. The Kier molecular flexibility index (Phi) is 7.46. The van der Waals surface area contributed by atoms with Crippen LogP contribution in [0.3, 0.4) is 0 Å². The van der Waals surface area contributed by atoms with Gasteiger partial charge in [0.2, 0.25) is 0 Å². The van der Waals surface area contributed by atoms with Crippen LogP contribution in [0.4, 0.5) is 0 Å². The third-order valence-electron chi connectivity index (χ3n) is 5.35. The van der Waals surface area contributed by atoms with E-state index in [2.05, 4.69) is 11.9 Å². The van der Waals surface area contributed by atoms with Gasteiger partial charge in [-0.15, -0.1) is 0 Å². The highest BCUT2D eigenvalue weighted by Gasteiger charge is 2.13. The van der Waals surface area contributed by atoms with Crippen molar-refractivity contribution in [2.24, 2.45) is 0 Å². The van der Waals surface area contributed by atoms with Crippen LogP contribution in [0.1, 0.15) is 76.7 Å². The Balaban J connectivity index is 1.51. The first-order valence-corrected chi connectivity index (χ1v) is 10.7. The number of unbranched alkanes of at least 4 members (excludes halogenated alkanes) is 9. The van der Waals surface area contributed by atoms with E-state index in [1.165, 1.54) is 69.9 Å². The lowest BCUT2D eigenvalue weighted by Gasteiger charge is -2.08. The van der Waals surface area contributed by atoms with E-state index in [4.69, 9.17) is 4.42 Å². The maximum atomic E-state index is 12.4. The Morgan fingerprint density at radius 2 is 1.57 bits per heavy atom. The van der Waals surface area contributed by atoms with Crippen LogP contribution in [0.15, 0.2) is 39.5 Å². The maximum absolute atomic E-state index is 12.4. The van der Waals surface area contributed by atoms with Gasteiger partial charge in [0.1, 0.15) is 17.0 Å². The molecule has 1 aromatic rings. The minimum Gasteiger partial charge on any atom is -0.508 e. The summed E-state index contributed by atoms with van der Waals surface area (Å²) in [6.07, 6.45) is 13.7. The normalized spacial score (nSPS) is 11.5. The van der Waals surface area contributed by atoms with Crippen LogP contribution in [0.25, 0.3) is 22.6 Å². The number of aromatic hydroxyl groups is 1. The molecule has 4 nitrogen and oxygen atoms in total. The van der Waals surface area contributed by atoms with Crippen molar-refractivity contribution in [3.05, 3.63) is 46.1 Å². The van der Waals surface area contributed by atoms with E-state index >= 15 is 0 Å². The molecule has 1 heterocycles. The quantitative estimate of drug-likeness (QED) is 0.306. The molecule has 0 aromatic heterocycles. The fourth-order valence-corrected chi connectivity index (χ4v) is 3.69. The summed E-state index contributed by atoms with van der Waals surface area (Å²) in [6, 6.07) is 8.21. The number of phenols is 1. The summed E-state index contributed by atoms with van der Waals surface area (Å²) in [5.74, 6) is 0.590. The summed E-state index contributed by atoms with van der Waals surface area (Å²) < 4.78 is 5.75. The van der Waals surface area contributed by atoms with Gasteiger partial charge in [0, 0.05) is 17.7 Å². The van der Waals surface area contributed by atoms with E-state index in [0.29, 0.717) is 22.6 Å². The monoisotopic (exact) mass is 381 g/mol. The van der Waals surface area contributed by atoms with Crippen LogP contribution in [0.5, 0.6) is 5.75 Å². The Bertz CT molecular complexity index is 915. The molecule has 1 aliphatic heterocycles. The highest BCUT2D eigenvalue weighted by molar-refractivity contribution is 5.77. The van der Waals surface area contributed by atoms with Crippen molar-refractivity contribution in [3.8, 4) is 17.2 Å². The fourth-order valence-electron chi connectivity index (χ4n) is 3.69. The molecule has 1 N–H and O–H groups in total. The molecule has 0 radical (unpaired) electrons. The molecular formula is C24H31NO3. The summed E-state index contributed by atoms with van der Waals surface area (Å²) in [5.41, 5.74) is 2.67. The van der Waals surface area contributed by atoms with Crippen molar-refractivity contribution in [3.63, 3.8) is 0 Å². The number of aromatic nitrogens is 1. The number of phenolic OH excluding ortho intramolecular Hbond substituents is 1. The van der Waals surface area contributed by atoms with Gasteiger partial charge in [-0.1, -0.05) is 64.7 Å². The Morgan fingerprint density at radius 3 is 2.29 bits per heavy atom. The van der Waals surface area contributed by atoms with Crippen molar-refractivity contribution in [1.82, 2.24) is 4.98 Å². The molecule has 0 atom stereocenters. The number of fused-ring (bicyclic) bond motifs is 2. The first-order valence-electron chi connectivity index (χ1n) is 10.7. The first-order chi connectivity index (χ1) is 13.7. The zero-order chi connectivity index (χ0) is 19.8. The van der Waals surface area contributed by atoms with E-state index < -0.39 is 0 Å². The van der Waals surface area contributed by atoms with Gasteiger partial charge in [0.05, 0.1) is 0 Å². The predicted molar refractivity (Wildman–Crippen MR) is 114 cm³/mol. The Morgan fingerprint density at radius 1 is 0.893 bits per heavy atom. The average Bonchev–Trinajstić information content (AvgIpc) is 2.68. The highest BCUT2D eigenvalue weighted by Crippen LogP contribution is 2.27. The fraction of sp³-hybridized carbons (Fsp3) is 0.500. The number of hydrogen-bond donors (Lipinski definition) is 1. The predicted octanol–water partition coefficient (Wildman–Crippen LogP) is 6.46. The highest BCUT2D eigenvalue weighted by atomic mass is 16.3. The third-order valence-corrected chi connectivity index (χ3v) is 5.35. The van der Waals surface area contributed by atoms with Crippen LogP contribution in [0.2, 0.25) is 0 Å². The van der Waals surface area contributed by atoms with Gasteiger partial charge in [0.25, 0.3) is 0 Å². The van der Waals surface area contributed by atoms with Gasteiger partial charge in [-0.05, 0) is 31.0 Å². The molecule has 0 unspecified atom stereocenters. The zero-order valence-electron chi connectivity index (χ0n) is 16.9. The lowest BCUT2D eigenvalue weighted by Crippen LogP contribution is -2.09. The number of nitrogens with zero attached hydrogens (tertiary/aromatic N) is 1. The lowest BCUT2D eigenvalue weighted by atomic mass is 10.0. The lowest BCUT2D eigenvalue weighted by molar-refractivity contribution is 0.474. The zero-order valence-corrected chi connectivity index (χ0v) is 16.9. The summed E-state index contributed by atoms with van der Waals surface area (Å²) in [5, 5.41) is 9.57. The summed E-state index contributed by atoms with van der Waals surface area (Å²) >= 11 is 0. The largest absolute Gasteiger partial charge is 0.508 e. The molecule has 3 rings (SSSR count). The second-order valence-electron chi connectivity index (χ2n) is 7.73. The van der Waals surface area contributed by atoms with E-state index in [9.17, 15) is 9.90 Å². The molecule has 1 aliphatic carbocycles. The second kappa shape index (κ2) is 10.3. The standard InChI is InChI=1S/C24H31NO3/c1-2-3-4-5-6-7-8-9-10-11-12-18-15-21-24(17-22(18)27)28-23-16-19(26)13-14-20(23)25-21/h13-17,26H,2-12H2,1H3. The SMILES string of the molecule is CCCCCCCCCCCCc1cc2nc3ccc(O)cc3oc-2cc1=O. The van der Waals surface area contributed by atoms with E-state index in [0.717, 1.165) is 18.4 Å². The molecule has 2 aliphatic rings. The second-order valence-corrected chi connectivity index (χ2v) is 7.73.